The van der Waals surface area contributed by atoms with Crippen molar-refractivity contribution in [3.05, 3.63) is 29.8 Å². The van der Waals surface area contributed by atoms with Crippen LogP contribution in [0.25, 0.3) is 0 Å². The maximum Gasteiger partial charge on any atom is 0.416 e. The van der Waals surface area contributed by atoms with Crippen molar-refractivity contribution in [2.45, 2.75) is 38.3 Å². The van der Waals surface area contributed by atoms with Gasteiger partial charge in [0.05, 0.1) is 5.56 Å². The highest BCUT2D eigenvalue weighted by atomic mass is 19.4. The first-order valence-electron chi connectivity index (χ1n) is 7.64. The minimum atomic E-state index is -4.39. The molecule has 3 nitrogen and oxygen atoms in total. The van der Waals surface area contributed by atoms with E-state index >= 15 is 0 Å². The van der Waals surface area contributed by atoms with Gasteiger partial charge in [0, 0.05) is 12.1 Å². The van der Waals surface area contributed by atoms with Crippen molar-refractivity contribution >= 4 is 11.6 Å². The van der Waals surface area contributed by atoms with E-state index in [4.69, 9.17) is 0 Å². The molecule has 0 saturated carbocycles. The smallest absolute Gasteiger partial charge is 0.326 e. The Balaban J connectivity index is 1.72. The number of hydrogen-bond donors (Lipinski definition) is 1. The summed E-state index contributed by atoms with van der Waals surface area (Å²) in [6.45, 7) is 3.27. The van der Waals surface area contributed by atoms with Crippen LogP contribution in [0, 0.1) is 0 Å². The first-order valence-corrected chi connectivity index (χ1v) is 7.64. The van der Waals surface area contributed by atoms with E-state index in [0.717, 1.165) is 44.6 Å². The first kappa shape index (κ1) is 16.8. The van der Waals surface area contributed by atoms with Gasteiger partial charge in [0.25, 0.3) is 0 Å². The van der Waals surface area contributed by atoms with Gasteiger partial charge in [-0.1, -0.05) is 6.07 Å². The fourth-order valence-corrected chi connectivity index (χ4v) is 2.62. The molecule has 1 heterocycles. The van der Waals surface area contributed by atoms with E-state index in [2.05, 4.69) is 10.2 Å². The predicted octanol–water partition coefficient (Wildman–Crippen LogP) is 3.91. The molecular formula is C16H21F3N2O. The van der Waals surface area contributed by atoms with E-state index in [1.165, 1.54) is 25.0 Å². The normalized spacial score (nSPS) is 16.0. The summed E-state index contributed by atoms with van der Waals surface area (Å²) in [5.41, 5.74) is -0.557. The number of anilines is 1. The zero-order chi connectivity index (χ0) is 16.0. The van der Waals surface area contributed by atoms with Crippen LogP contribution < -0.4 is 5.32 Å². The van der Waals surface area contributed by atoms with Gasteiger partial charge in [-0.05, 0) is 63.5 Å². The van der Waals surface area contributed by atoms with Crippen molar-refractivity contribution < 1.29 is 18.0 Å². The average Bonchev–Trinajstić information content (AvgIpc) is 2.96. The third-order valence-corrected chi connectivity index (χ3v) is 3.80. The van der Waals surface area contributed by atoms with Crippen LogP contribution in [0.5, 0.6) is 0 Å². The molecule has 0 bridgehead atoms. The number of amides is 1. The second-order valence-corrected chi connectivity index (χ2v) is 5.63. The third kappa shape index (κ3) is 5.33. The molecule has 1 aliphatic rings. The van der Waals surface area contributed by atoms with E-state index in [0.29, 0.717) is 6.42 Å². The van der Waals surface area contributed by atoms with Gasteiger partial charge < -0.3 is 10.2 Å². The lowest BCUT2D eigenvalue weighted by atomic mass is 10.2. The molecule has 0 aromatic heterocycles. The Bertz CT molecular complexity index is 496. The van der Waals surface area contributed by atoms with Crippen molar-refractivity contribution in [2.75, 3.05) is 25.0 Å². The van der Waals surface area contributed by atoms with Gasteiger partial charge in [0.15, 0.2) is 0 Å². The molecule has 0 unspecified atom stereocenters. The summed E-state index contributed by atoms with van der Waals surface area (Å²) < 4.78 is 37.8. The van der Waals surface area contributed by atoms with Gasteiger partial charge in [-0.3, -0.25) is 4.79 Å². The minimum absolute atomic E-state index is 0.194. The number of halogens is 3. The molecule has 1 saturated heterocycles. The molecule has 0 radical (unpaired) electrons. The molecule has 1 aromatic carbocycles. The Morgan fingerprint density at radius 3 is 2.59 bits per heavy atom. The van der Waals surface area contributed by atoms with Crippen molar-refractivity contribution in [1.29, 1.82) is 0 Å². The quantitative estimate of drug-likeness (QED) is 0.807. The molecule has 1 fully saturated rings. The number of rotatable bonds is 6. The zero-order valence-electron chi connectivity index (χ0n) is 12.5. The van der Waals surface area contributed by atoms with Crippen LogP contribution >= 0.6 is 0 Å². The molecule has 0 aliphatic carbocycles. The number of hydrogen-bond acceptors (Lipinski definition) is 2. The Kier molecular flexibility index (Phi) is 5.83. The van der Waals surface area contributed by atoms with Crippen molar-refractivity contribution in [1.82, 2.24) is 4.90 Å². The first-order chi connectivity index (χ1) is 10.4. The number of carbonyl (C=O) groups is 1. The summed E-state index contributed by atoms with van der Waals surface area (Å²) >= 11 is 0. The number of nitrogens with zero attached hydrogens (tertiary/aromatic N) is 1. The maximum absolute atomic E-state index is 12.6. The van der Waals surface area contributed by atoms with E-state index < -0.39 is 11.7 Å². The van der Waals surface area contributed by atoms with Crippen LogP contribution in [0.15, 0.2) is 24.3 Å². The molecule has 0 spiro atoms. The van der Waals surface area contributed by atoms with E-state index in [1.807, 2.05) is 0 Å². The van der Waals surface area contributed by atoms with E-state index in [1.54, 1.807) is 0 Å². The maximum atomic E-state index is 12.6. The van der Waals surface area contributed by atoms with Gasteiger partial charge in [0.2, 0.25) is 5.91 Å². The monoisotopic (exact) mass is 314 g/mol. The molecular weight excluding hydrogens is 293 g/mol. The highest BCUT2D eigenvalue weighted by Gasteiger charge is 2.30. The minimum Gasteiger partial charge on any atom is -0.326 e. The summed E-state index contributed by atoms with van der Waals surface area (Å²) in [5, 5.41) is 2.53. The van der Waals surface area contributed by atoms with Gasteiger partial charge in [-0.25, -0.2) is 0 Å². The third-order valence-electron chi connectivity index (χ3n) is 3.80. The van der Waals surface area contributed by atoms with Crippen molar-refractivity contribution in [3.63, 3.8) is 0 Å². The summed E-state index contributed by atoms with van der Waals surface area (Å²) in [5.74, 6) is -0.235. The van der Waals surface area contributed by atoms with Gasteiger partial charge in [-0.15, -0.1) is 0 Å². The second kappa shape index (κ2) is 7.63. The molecule has 122 valence electrons. The lowest BCUT2D eigenvalue weighted by molar-refractivity contribution is -0.137. The predicted molar refractivity (Wildman–Crippen MR) is 79.6 cm³/mol. The lowest BCUT2D eigenvalue weighted by Crippen LogP contribution is -2.20. The van der Waals surface area contributed by atoms with Crippen molar-refractivity contribution in [2.24, 2.45) is 0 Å². The van der Waals surface area contributed by atoms with E-state index in [-0.39, 0.29) is 11.6 Å². The number of likely N-dealkylation sites (tertiary alicyclic amines) is 1. The Morgan fingerprint density at radius 1 is 1.18 bits per heavy atom. The number of benzene rings is 1. The molecule has 6 heteroatoms. The lowest BCUT2D eigenvalue weighted by Gasteiger charge is -2.14. The fraction of sp³-hybridized carbons (Fsp3) is 0.562. The van der Waals surface area contributed by atoms with Crippen LogP contribution in [-0.4, -0.2) is 30.4 Å². The number of carbonyl (C=O) groups excluding carboxylic acids is 1. The summed E-state index contributed by atoms with van der Waals surface area (Å²) in [4.78, 5) is 14.1. The van der Waals surface area contributed by atoms with Crippen LogP contribution in [-0.2, 0) is 11.0 Å². The largest absolute Gasteiger partial charge is 0.416 e. The standard InChI is InChI=1S/C16H21F3N2O/c17-16(18,19)13-6-5-7-14(12-13)20-15(22)8-1-2-9-21-10-3-4-11-21/h5-7,12H,1-4,8-11H2,(H,20,22). The zero-order valence-corrected chi connectivity index (χ0v) is 12.5. The van der Waals surface area contributed by atoms with Crippen LogP contribution in [0.2, 0.25) is 0 Å². The van der Waals surface area contributed by atoms with Crippen LogP contribution in [0.3, 0.4) is 0 Å². The Morgan fingerprint density at radius 2 is 1.91 bits per heavy atom. The summed E-state index contributed by atoms with van der Waals surface area (Å²) in [6.07, 6.45) is 0.129. The fourth-order valence-electron chi connectivity index (χ4n) is 2.62. The highest BCUT2D eigenvalue weighted by molar-refractivity contribution is 5.90. The molecule has 2 rings (SSSR count). The van der Waals surface area contributed by atoms with Gasteiger partial charge in [-0.2, -0.15) is 13.2 Å². The molecule has 1 aromatic rings. The SMILES string of the molecule is O=C(CCCCN1CCCC1)Nc1cccc(C(F)(F)F)c1. The Hall–Kier alpha value is -1.56. The number of unbranched alkanes of at least 4 members (excludes halogenated alkanes) is 1. The average molecular weight is 314 g/mol. The van der Waals surface area contributed by atoms with Gasteiger partial charge in [0.1, 0.15) is 0 Å². The topological polar surface area (TPSA) is 32.3 Å². The van der Waals surface area contributed by atoms with Crippen LogP contribution in [0.1, 0.15) is 37.7 Å². The molecule has 1 amide bonds. The highest BCUT2D eigenvalue weighted by Crippen LogP contribution is 2.30. The molecule has 22 heavy (non-hydrogen) atoms. The molecule has 0 atom stereocenters. The molecule has 1 aliphatic heterocycles. The number of alkyl halides is 3. The second-order valence-electron chi connectivity index (χ2n) is 5.63. The van der Waals surface area contributed by atoms with Gasteiger partial charge >= 0.3 is 6.18 Å². The number of nitrogens with one attached hydrogen (secondary N) is 1. The van der Waals surface area contributed by atoms with Crippen LogP contribution in [0.4, 0.5) is 18.9 Å². The van der Waals surface area contributed by atoms with E-state index in [9.17, 15) is 18.0 Å². The summed E-state index contributed by atoms with van der Waals surface area (Å²) in [7, 11) is 0. The summed E-state index contributed by atoms with van der Waals surface area (Å²) in [6, 6.07) is 4.72. The molecule has 1 N–H and O–H groups in total. The van der Waals surface area contributed by atoms with Crippen molar-refractivity contribution in [3.8, 4) is 0 Å². The Labute approximate surface area is 128 Å².